The summed E-state index contributed by atoms with van der Waals surface area (Å²) in [5, 5.41) is 8.34. The van der Waals surface area contributed by atoms with Gasteiger partial charge in [-0.3, -0.25) is 0 Å². The van der Waals surface area contributed by atoms with Gasteiger partial charge >= 0.3 is 0 Å². The van der Waals surface area contributed by atoms with E-state index in [1.807, 2.05) is 6.07 Å². The van der Waals surface area contributed by atoms with E-state index in [9.17, 15) is 0 Å². The summed E-state index contributed by atoms with van der Waals surface area (Å²) in [6, 6.07) is 2.01. The minimum Gasteiger partial charge on any atom is -0.196 e. The Bertz CT molecular complexity index is 158. The van der Waals surface area contributed by atoms with Gasteiger partial charge in [-0.1, -0.05) is 12.2 Å². The molecule has 1 aliphatic carbocycles. The molecule has 42 valence electrons. The molecule has 0 atom stereocenters. The zero-order valence-corrected chi connectivity index (χ0v) is 5.20. The van der Waals surface area contributed by atoms with Crippen molar-refractivity contribution in [3.63, 3.8) is 0 Å². The van der Waals surface area contributed by atoms with Crippen molar-refractivity contribution in [2.24, 2.45) is 0 Å². The Labute approximate surface area is 53.6 Å². The van der Waals surface area contributed by atoms with Crippen molar-refractivity contribution in [2.75, 3.05) is 0 Å². The van der Waals surface area contributed by atoms with E-state index < -0.39 is 4.87 Å². The van der Waals surface area contributed by atoms with Crippen LogP contribution >= 0.6 is 11.6 Å². The van der Waals surface area contributed by atoms with Gasteiger partial charge in [-0.2, -0.15) is 5.26 Å². The number of hydrogen-bond donors (Lipinski definition) is 0. The summed E-state index contributed by atoms with van der Waals surface area (Å²) in [7, 11) is 0. The lowest BCUT2D eigenvalue weighted by molar-refractivity contribution is 0.568. The molecule has 1 rings (SSSR count). The molecule has 0 radical (unpaired) electrons. The fourth-order valence-corrected chi connectivity index (χ4v) is 1.20. The molecule has 0 aromatic heterocycles. The smallest absolute Gasteiger partial charge is 0.138 e. The number of rotatable bonds is 0. The van der Waals surface area contributed by atoms with E-state index in [-0.39, 0.29) is 0 Å². The summed E-state index contributed by atoms with van der Waals surface area (Å²) in [5.41, 5.74) is 1.08. The molecule has 0 spiro atoms. The van der Waals surface area contributed by atoms with Gasteiger partial charge in [0.15, 0.2) is 0 Å². The van der Waals surface area contributed by atoms with E-state index >= 15 is 0 Å². The van der Waals surface area contributed by atoms with Crippen molar-refractivity contribution in [3.05, 3.63) is 12.2 Å². The van der Waals surface area contributed by atoms with E-state index in [0.717, 1.165) is 5.57 Å². The third-order valence-corrected chi connectivity index (χ3v) is 1.61. The molecular formula is C6H6ClN. The second-order valence-electron chi connectivity index (χ2n) is 2.18. The summed E-state index contributed by atoms with van der Waals surface area (Å²) in [5.74, 6) is 0. The van der Waals surface area contributed by atoms with Crippen LogP contribution in [0, 0.1) is 11.3 Å². The predicted molar refractivity (Wildman–Crippen MR) is 32.6 cm³/mol. The molecule has 1 nitrogen and oxygen atoms in total. The first-order chi connectivity index (χ1) is 3.66. The van der Waals surface area contributed by atoms with Crippen LogP contribution in [0.25, 0.3) is 0 Å². The molecule has 1 aliphatic rings. The third kappa shape index (κ3) is 0.719. The molecule has 0 N–H and O–H groups in total. The monoisotopic (exact) mass is 127 g/mol. The topological polar surface area (TPSA) is 23.8 Å². The average molecular weight is 128 g/mol. The molecule has 8 heavy (non-hydrogen) atoms. The Morgan fingerprint density at radius 1 is 1.75 bits per heavy atom. The largest absolute Gasteiger partial charge is 0.196 e. The van der Waals surface area contributed by atoms with Gasteiger partial charge in [-0.25, -0.2) is 0 Å². The van der Waals surface area contributed by atoms with Crippen LogP contribution in [0.15, 0.2) is 12.2 Å². The van der Waals surface area contributed by atoms with Crippen LogP contribution in [0.2, 0.25) is 0 Å². The highest BCUT2D eigenvalue weighted by Gasteiger charge is 2.37. The van der Waals surface area contributed by atoms with Crippen LogP contribution in [0.4, 0.5) is 0 Å². The normalized spacial score (nSPS) is 23.8. The van der Waals surface area contributed by atoms with Gasteiger partial charge in [-0.05, 0) is 0 Å². The van der Waals surface area contributed by atoms with Gasteiger partial charge in [-0.15, -0.1) is 11.6 Å². The second-order valence-corrected chi connectivity index (χ2v) is 2.90. The van der Waals surface area contributed by atoms with Crippen molar-refractivity contribution in [2.45, 2.75) is 17.7 Å². The standard InChI is InChI=1S/C6H6ClN/c1-5-2-6(7,3-5)4-8/h1-3H2. The zero-order valence-electron chi connectivity index (χ0n) is 4.45. The molecule has 0 aromatic carbocycles. The van der Waals surface area contributed by atoms with Crippen LogP contribution in [0.1, 0.15) is 12.8 Å². The number of nitrogens with zero attached hydrogens (tertiary/aromatic N) is 1. The average Bonchev–Trinajstić information content (AvgIpc) is 1.63. The molecule has 0 aromatic rings. The Morgan fingerprint density at radius 3 is 2.38 bits per heavy atom. The number of hydrogen-bond acceptors (Lipinski definition) is 1. The van der Waals surface area contributed by atoms with Crippen molar-refractivity contribution >= 4 is 11.6 Å². The maximum Gasteiger partial charge on any atom is 0.138 e. The fourth-order valence-electron chi connectivity index (χ4n) is 0.820. The maximum absolute atomic E-state index is 8.34. The quantitative estimate of drug-likeness (QED) is 0.360. The van der Waals surface area contributed by atoms with Crippen LogP contribution in [-0.4, -0.2) is 4.87 Å². The Morgan fingerprint density at radius 2 is 2.25 bits per heavy atom. The highest BCUT2D eigenvalue weighted by Crippen LogP contribution is 2.40. The van der Waals surface area contributed by atoms with Gasteiger partial charge in [0.1, 0.15) is 4.87 Å². The minimum absolute atomic E-state index is 0.586. The first kappa shape index (κ1) is 5.65. The molecule has 1 fully saturated rings. The lowest BCUT2D eigenvalue weighted by Crippen LogP contribution is -2.29. The molecule has 2 heteroatoms. The highest BCUT2D eigenvalue weighted by molar-refractivity contribution is 6.27. The van der Waals surface area contributed by atoms with Gasteiger partial charge in [0.05, 0.1) is 6.07 Å². The van der Waals surface area contributed by atoms with Gasteiger partial charge in [0.25, 0.3) is 0 Å². The van der Waals surface area contributed by atoms with Crippen LogP contribution in [0.5, 0.6) is 0 Å². The Hall–Kier alpha value is -0.480. The van der Waals surface area contributed by atoms with E-state index in [4.69, 9.17) is 16.9 Å². The van der Waals surface area contributed by atoms with E-state index in [1.54, 1.807) is 0 Å². The Kier molecular flexibility index (Phi) is 1.06. The van der Waals surface area contributed by atoms with Gasteiger partial charge < -0.3 is 0 Å². The van der Waals surface area contributed by atoms with Crippen molar-refractivity contribution in [3.8, 4) is 6.07 Å². The summed E-state index contributed by atoms with van der Waals surface area (Å²) < 4.78 is 0. The predicted octanol–water partition coefficient (Wildman–Crippen LogP) is 1.84. The van der Waals surface area contributed by atoms with E-state index in [1.165, 1.54) is 0 Å². The molecule has 0 saturated heterocycles. The summed E-state index contributed by atoms with van der Waals surface area (Å²) in [4.78, 5) is -0.586. The van der Waals surface area contributed by atoms with Crippen LogP contribution in [0.3, 0.4) is 0 Å². The van der Waals surface area contributed by atoms with Gasteiger partial charge in [0, 0.05) is 12.8 Å². The summed E-state index contributed by atoms with van der Waals surface area (Å²) in [6.07, 6.45) is 1.34. The first-order valence-electron chi connectivity index (χ1n) is 2.43. The van der Waals surface area contributed by atoms with Crippen LogP contribution in [-0.2, 0) is 0 Å². The molecule has 0 amide bonds. The van der Waals surface area contributed by atoms with E-state index in [2.05, 4.69) is 6.58 Å². The SMILES string of the molecule is C=C1CC(Cl)(C#N)C1. The van der Waals surface area contributed by atoms with Crippen molar-refractivity contribution in [1.82, 2.24) is 0 Å². The highest BCUT2D eigenvalue weighted by atomic mass is 35.5. The first-order valence-corrected chi connectivity index (χ1v) is 2.81. The third-order valence-electron chi connectivity index (χ3n) is 1.26. The van der Waals surface area contributed by atoms with Crippen molar-refractivity contribution in [1.29, 1.82) is 5.26 Å². The fraction of sp³-hybridized carbons (Fsp3) is 0.500. The van der Waals surface area contributed by atoms with E-state index in [0.29, 0.717) is 12.8 Å². The van der Waals surface area contributed by atoms with Gasteiger partial charge in [0.2, 0.25) is 0 Å². The number of nitriles is 1. The lowest BCUT2D eigenvalue weighted by Gasteiger charge is -2.30. The number of halogens is 1. The lowest BCUT2D eigenvalue weighted by atomic mass is 9.81. The molecule has 0 unspecified atom stereocenters. The molecule has 0 bridgehead atoms. The number of allylic oxidation sites excluding steroid dienone is 1. The summed E-state index contributed by atoms with van der Waals surface area (Å²) >= 11 is 5.66. The van der Waals surface area contributed by atoms with Crippen LogP contribution < -0.4 is 0 Å². The minimum atomic E-state index is -0.586. The zero-order chi connectivity index (χ0) is 6.20. The van der Waals surface area contributed by atoms with Crippen molar-refractivity contribution < 1.29 is 0 Å². The molecular weight excluding hydrogens is 122 g/mol. The Balaban J connectivity index is 2.56. The number of alkyl halides is 1. The molecule has 0 aliphatic heterocycles. The molecule has 1 saturated carbocycles. The second kappa shape index (κ2) is 1.50. The maximum atomic E-state index is 8.34. The summed E-state index contributed by atoms with van der Waals surface area (Å²) in [6.45, 7) is 3.67. The molecule has 0 heterocycles.